The third kappa shape index (κ3) is 4.61. The highest BCUT2D eigenvalue weighted by Crippen LogP contribution is 2.18. The lowest BCUT2D eigenvalue weighted by atomic mass is 10.2. The number of carbonyl (C=O) groups is 2. The third-order valence-corrected chi connectivity index (χ3v) is 2.33. The maximum atomic E-state index is 13.4. The predicted molar refractivity (Wildman–Crippen MR) is 63.6 cm³/mol. The molecular weight excluding hydrogens is 275 g/mol. The number of nitro groups is 1. The van der Waals surface area contributed by atoms with Gasteiger partial charge in [0, 0.05) is 12.6 Å². The van der Waals surface area contributed by atoms with Crippen molar-refractivity contribution < 1.29 is 29.1 Å². The summed E-state index contributed by atoms with van der Waals surface area (Å²) in [4.78, 5) is 31.8. The number of benzene rings is 1. The molecule has 0 aliphatic rings. The molecule has 8 nitrogen and oxygen atoms in total. The van der Waals surface area contributed by atoms with E-state index in [0.29, 0.717) is 0 Å². The second-order valence-electron chi connectivity index (χ2n) is 3.98. The molecule has 0 fully saturated rings. The summed E-state index contributed by atoms with van der Waals surface area (Å²) in [5, 5.41) is 27.7. The fraction of sp³-hybridized carbons (Fsp3) is 0.273. The Morgan fingerprint density at radius 1 is 1.25 bits per heavy atom. The molecule has 2 N–H and O–H groups in total. The fourth-order valence-electron chi connectivity index (χ4n) is 1.61. The molecule has 0 aliphatic carbocycles. The van der Waals surface area contributed by atoms with Crippen LogP contribution >= 0.6 is 0 Å². The van der Waals surface area contributed by atoms with E-state index in [-0.39, 0.29) is 12.1 Å². The van der Waals surface area contributed by atoms with Crippen molar-refractivity contribution in [3.05, 3.63) is 39.7 Å². The maximum Gasteiger partial charge on any atom is 0.317 e. The molecule has 0 unspecified atom stereocenters. The van der Waals surface area contributed by atoms with Gasteiger partial charge < -0.3 is 10.2 Å². The number of aliphatic carboxylic acids is 2. The SMILES string of the molecule is O=C(O)CN(CC(=O)O)Cc1ccc([N+](=O)[O-])c(F)c1. The molecular formula is C11H11FN2O6. The van der Waals surface area contributed by atoms with Crippen LogP contribution in [0.15, 0.2) is 18.2 Å². The van der Waals surface area contributed by atoms with Gasteiger partial charge in [0.15, 0.2) is 0 Å². The fourth-order valence-corrected chi connectivity index (χ4v) is 1.61. The predicted octanol–water partition coefficient (Wildman–Crippen LogP) is 0.705. The van der Waals surface area contributed by atoms with Crippen LogP contribution in [0.1, 0.15) is 5.56 Å². The first-order valence-corrected chi connectivity index (χ1v) is 5.38. The Bertz CT molecular complexity index is 532. The zero-order valence-corrected chi connectivity index (χ0v) is 10.2. The van der Waals surface area contributed by atoms with Gasteiger partial charge in [0.2, 0.25) is 5.82 Å². The van der Waals surface area contributed by atoms with Crippen molar-refractivity contribution >= 4 is 17.6 Å². The largest absolute Gasteiger partial charge is 0.480 e. The number of carboxylic acids is 2. The molecule has 0 aliphatic heterocycles. The number of hydrogen-bond acceptors (Lipinski definition) is 5. The Kier molecular flexibility index (Phi) is 5.09. The Balaban J connectivity index is 2.87. The molecule has 0 bridgehead atoms. The summed E-state index contributed by atoms with van der Waals surface area (Å²) in [6.07, 6.45) is 0. The summed E-state index contributed by atoms with van der Waals surface area (Å²) >= 11 is 0. The Labute approximate surface area is 112 Å². The number of hydrogen-bond donors (Lipinski definition) is 2. The molecule has 9 heteroatoms. The topological polar surface area (TPSA) is 121 Å². The number of carboxylic acid groups (broad SMARTS) is 2. The molecule has 0 saturated heterocycles. The summed E-state index contributed by atoms with van der Waals surface area (Å²) in [5.74, 6) is -3.51. The first-order chi connectivity index (χ1) is 9.29. The number of nitro benzene ring substituents is 1. The van der Waals surface area contributed by atoms with Crippen LogP contribution in [0.4, 0.5) is 10.1 Å². The van der Waals surface area contributed by atoms with Crippen LogP contribution in [0, 0.1) is 15.9 Å². The molecule has 1 aromatic carbocycles. The van der Waals surface area contributed by atoms with Crippen molar-refractivity contribution in [3.8, 4) is 0 Å². The molecule has 0 saturated carbocycles. The summed E-state index contributed by atoms with van der Waals surface area (Å²) in [5.41, 5.74) is -0.452. The van der Waals surface area contributed by atoms with E-state index in [4.69, 9.17) is 10.2 Å². The Hall–Kier alpha value is -2.55. The molecule has 0 aromatic heterocycles. The molecule has 20 heavy (non-hydrogen) atoms. The van der Waals surface area contributed by atoms with Crippen molar-refractivity contribution in [3.63, 3.8) is 0 Å². The monoisotopic (exact) mass is 286 g/mol. The van der Waals surface area contributed by atoms with Gasteiger partial charge in [-0.15, -0.1) is 0 Å². The number of halogens is 1. The van der Waals surface area contributed by atoms with E-state index in [1.165, 1.54) is 6.07 Å². The second kappa shape index (κ2) is 6.57. The van der Waals surface area contributed by atoms with Crippen LogP contribution in [0.25, 0.3) is 0 Å². The first kappa shape index (κ1) is 15.5. The summed E-state index contributed by atoms with van der Waals surface area (Å²) in [6.45, 7) is -1.22. The summed E-state index contributed by atoms with van der Waals surface area (Å²) in [6, 6.07) is 3.08. The normalized spacial score (nSPS) is 10.5. The molecule has 0 amide bonds. The zero-order chi connectivity index (χ0) is 15.3. The van der Waals surface area contributed by atoms with Gasteiger partial charge in [-0.2, -0.15) is 4.39 Å². The Morgan fingerprint density at radius 2 is 1.80 bits per heavy atom. The van der Waals surface area contributed by atoms with Gasteiger partial charge in [0.25, 0.3) is 0 Å². The highest BCUT2D eigenvalue weighted by molar-refractivity contribution is 5.72. The maximum absolute atomic E-state index is 13.4. The lowest BCUT2D eigenvalue weighted by Crippen LogP contribution is -2.34. The second-order valence-corrected chi connectivity index (χ2v) is 3.98. The van der Waals surface area contributed by atoms with Crippen molar-refractivity contribution in [2.75, 3.05) is 13.1 Å². The van der Waals surface area contributed by atoms with Crippen LogP contribution in [0.3, 0.4) is 0 Å². The van der Waals surface area contributed by atoms with E-state index >= 15 is 0 Å². The molecule has 0 heterocycles. The molecule has 1 rings (SSSR count). The van der Waals surface area contributed by atoms with E-state index in [1.54, 1.807) is 0 Å². The minimum atomic E-state index is -1.23. The van der Waals surface area contributed by atoms with Gasteiger partial charge in [0.05, 0.1) is 18.0 Å². The number of nitrogens with zero attached hydrogens (tertiary/aromatic N) is 2. The van der Waals surface area contributed by atoms with E-state index in [2.05, 4.69) is 0 Å². The van der Waals surface area contributed by atoms with Gasteiger partial charge in [0.1, 0.15) is 0 Å². The molecule has 1 aromatic rings. The van der Waals surface area contributed by atoms with Gasteiger partial charge in [-0.05, 0) is 11.6 Å². The summed E-state index contributed by atoms with van der Waals surface area (Å²) < 4.78 is 13.4. The van der Waals surface area contributed by atoms with Crippen LogP contribution in [-0.2, 0) is 16.1 Å². The average molecular weight is 286 g/mol. The van der Waals surface area contributed by atoms with Crippen LogP contribution in [0.5, 0.6) is 0 Å². The minimum Gasteiger partial charge on any atom is -0.480 e. The molecule has 108 valence electrons. The van der Waals surface area contributed by atoms with Crippen LogP contribution in [0.2, 0.25) is 0 Å². The standard InChI is InChI=1S/C11H11FN2O6/c12-8-3-7(1-2-9(8)14(19)20)4-13(5-10(15)16)6-11(17)18/h1-3H,4-6H2,(H,15,16)(H,17,18). The van der Waals surface area contributed by atoms with Crippen molar-refractivity contribution in [2.24, 2.45) is 0 Å². The summed E-state index contributed by atoms with van der Waals surface area (Å²) in [7, 11) is 0. The molecule has 0 atom stereocenters. The molecule has 0 spiro atoms. The van der Waals surface area contributed by atoms with Gasteiger partial charge in [-0.25, -0.2) is 0 Å². The van der Waals surface area contributed by atoms with Crippen molar-refractivity contribution in [1.82, 2.24) is 4.90 Å². The third-order valence-electron chi connectivity index (χ3n) is 2.33. The highest BCUT2D eigenvalue weighted by atomic mass is 19.1. The van der Waals surface area contributed by atoms with Crippen LogP contribution in [-0.4, -0.2) is 45.1 Å². The van der Waals surface area contributed by atoms with Gasteiger partial charge in [-0.1, -0.05) is 6.07 Å². The zero-order valence-electron chi connectivity index (χ0n) is 10.2. The van der Waals surface area contributed by atoms with E-state index in [1.807, 2.05) is 0 Å². The van der Waals surface area contributed by atoms with Crippen molar-refractivity contribution in [2.45, 2.75) is 6.54 Å². The van der Waals surface area contributed by atoms with E-state index < -0.39 is 41.5 Å². The quantitative estimate of drug-likeness (QED) is 0.559. The van der Waals surface area contributed by atoms with Crippen LogP contribution < -0.4 is 0 Å². The van der Waals surface area contributed by atoms with Gasteiger partial charge >= 0.3 is 17.6 Å². The van der Waals surface area contributed by atoms with E-state index in [0.717, 1.165) is 17.0 Å². The smallest absolute Gasteiger partial charge is 0.317 e. The lowest BCUT2D eigenvalue weighted by Gasteiger charge is -2.17. The first-order valence-electron chi connectivity index (χ1n) is 5.38. The Morgan fingerprint density at radius 3 is 2.20 bits per heavy atom. The number of rotatable bonds is 7. The highest BCUT2D eigenvalue weighted by Gasteiger charge is 2.17. The average Bonchev–Trinajstić information content (AvgIpc) is 2.26. The van der Waals surface area contributed by atoms with Crippen molar-refractivity contribution in [1.29, 1.82) is 0 Å². The molecule has 0 radical (unpaired) electrons. The van der Waals surface area contributed by atoms with E-state index in [9.17, 15) is 24.1 Å². The minimum absolute atomic E-state index is 0.145. The van der Waals surface area contributed by atoms with Gasteiger partial charge in [-0.3, -0.25) is 24.6 Å². The lowest BCUT2D eigenvalue weighted by molar-refractivity contribution is -0.387.